The molecule has 1 rings (SSSR count). The molecule has 1 aromatic rings. The SMILES string of the molecule is C#CCCCNc1ccc(S(=O)(=O)N(C)C)cc1C(=O)O. The molecule has 6 nitrogen and oxygen atoms in total. The molecule has 0 bridgehead atoms. The van der Waals surface area contributed by atoms with Gasteiger partial charge in [0.25, 0.3) is 0 Å². The Morgan fingerprint density at radius 3 is 2.62 bits per heavy atom. The van der Waals surface area contributed by atoms with Gasteiger partial charge in [0.15, 0.2) is 0 Å². The fraction of sp³-hybridized carbons (Fsp3) is 0.357. The number of terminal acetylenes is 1. The van der Waals surface area contributed by atoms with Crippen LogP contribution in [0.15, 0.2) is 23.1 Å². The summed E-state index contributed by atoms with van der Waals surface area (Å²) in [5.74, 6) is 1.30. The summed E-state index contributed by atoms with van der Waals surface area (Å²) in [6.45, 7) is 0.518. The van der Waals surface area contributed by atoms with Crippen LogP contribution in [0.3, 0.4) is 0 Å². The first-order valence-corrected chi connectivity index (χ1v) is 7.72. The maximum Gasteiger partial charge on any atom is 0.337 e. The fourth-order valence-corrected chi connectivity index (χ4v) is 2.57. The van der Waals surface area contributed by atoms with Gasteiger partial charge in [0, 0.05) is 32.7 Å². The molecule has 0 aliphatic heterocycles. The first-order valence-electron chi connectivity index (χ1n) is 6.28. The summed E-state index contributed by atoms with van der Waals surface area (Å²) in [6, 6.07) is 3.99. The summed E-state index contributed by atoms with van der Waals surface area (Å²) in [4.78, 5) is 11.2. The summed E-state index contributed by atoms with van der Waals surface area (Å²) in [5, 5.41) is 12.2. The minimum absolute atomic E-state index is 0.0564. The number of sulfonamides is 1. The van der Waals surface area contributed by atoms with Crippen LogP contribution < -0.4 is 5.32 Å². The van der Waals surface area contributed by atoms with E-state index in [-0.39, 0.29) is 10.5 Å². The van der Waals surface area contributed by atoms with E-state index in [0.29, 0.717) is 25.1 Å². The summed E-state index contributed by atoms with van der Waals surface area (Å²) in [6.07, 6.45) is 6.43. The standard InChI is InChI=1S/C14H18N2O4S/c1-4-5-6-9-15-13-8-7-11(10-12(13)14(17)18)21(19,20)16(2)3/h1,7-8,10,15H,5-6,9H2,2-3H3,(H,17,18). The third-order valence-electron chi connectivity index (χ3n) is 2.81. The number of aromatic carboxylic acids is 1. The Morgan fingerprint density at radius 1 is 1.43 bits per heavy atom. The molecule has 0 aliphatic rings. The molecule has 0 amide bonds. The van der Waals surface area contributed by atoms with Crippen LogP contribution in [-0.2, 0) is 10.0 Å². The van der Waals surface area contributed by atoms with E-state index in [1.165, 1.54) is 26.2 Å². The van der Waals surface area contributed by atoms with E-state index in [9.17, 15) is 18.3 Å². The number of benzene rings is 1. The lowest BCUT2D eigenvalue weighted by Crippen LogP contribution is -2.22. The van der Waals surface area contributed by atoms with E-state index in [2.05, 4.69) is 11.2 Å². The third kappa shape index (κ3) is 4.21. The van der Waals surface area contributed by atoms with Crippen LogP contribution in [0.4, 0.5) is 5.69 Å². The number of hydrogen-bond acceptors (Lipinski definition) is 4. The van der Waals surface area contributed by atoms with Crippen molar-refractivity contribution in [3.05, 3.63) is 23.8 Å². The summed E-state index contributed by atoms with van der Waals surface area (Å²) in [5.41, 5.74) is 0.288. The van der Waals surface area contributed by atoms with Gasteiger partial charge in [-0.15, -0.1) is 12.3 Å². The van der Waals surface area contributed by atoms with Gasteiger partial charge in [-0.2, -0.15) is 0 Å². The molecule has 114 valence electrons. The van der Waals surface area contributed by atoms with E-state index >= 15 is 0 Å². The lowest BCUT2D eigenvalue weighted by atomic mass is 10.1. The van der Waals surface area contributed by atoms with Crippen molar-refractivity contribution in [2.75, 3.05) is 26.0 Å². The van der Waals surface area contributed by atoms with Gasteiger partial charge < -0.3 is 10.4 Å². The Balaban J connectivity index is 3.09. The molecule has 2 N–H and O–H groups in total. The Morgan fingerprint density at radius 2 is 2.10 bits per heavy atom. The molecule has 21 heavy (non-hydrogen) atoms. The van der Waals surface area contributed by atoms with Gasteiger partial charge in [-0.05, 0) is 24.6 Å². The summed E-state index contributed by atoms with van der Waals surface area (Å²) < 4.78 is 25.1. The molecule has 7 heteroatoms. The van der Waals surface area contributed by atoms with Crippen LogP contribution in [0, 0.1) is 12.3 Å². The first kappa shape index (κ1) is 17.0. The van der Waals surface area contributed by atoms with Crippen LogP contribution in [0.1, 0.15) is 23.2 Å². The molecule has 0 fully saturated rings. The second kappa shape index (κ2) is 7.11. The first-order chi connectivity index (χ1) is 9.80. The van der Waals surface area contributed by atoms with Crippen molar-refractivity contribution < 1.29 is 18.3 Å². The Kier molecular flexibility index (Phi) is 5.76. The zero-order valence-electron chi connectivity index (χ0n) is 12.0. The maximum atomic E-state index is 12.0. The highest BCUT2D eigenvalue weighted by Crippen LogP contribution is 2.22. The Bertz CT molecular complexity index is 660. The zero-order chi connectivity index (χ0) is 16.0. The lowest BCUT2D eigenvalue weighted by Gasteiger charge is -2.14. The average Bonchev–Trinajstić information content (AvgIpc) is 2.43. The summed E-state index contributed by atoms with van der Waals surface area (Å²) >= 11 is 0. The molecule has 0 saturated carbocycles. The van der Waals surface area contributed by atoms with Crippen LogP contribution in [-0.4, -0.2) is 44.4 Å². The number of carboxylic acids is 1. The van der Waals surface area contributed by atoms with E-state index in [1.54, 1.807) is 0 Å². The highest BCUT2D eigenvalue weighted by Gasteiger charge is 2.20. The fourth-order valence-electron chi connectivity index (χ4n) is 1.64. The van der Waals surface area contributed by atoms with Crippen LogP contribution in [0.5, 0.6) is 0 Å². The molecule has 0 heterocycles. The van der Waals surface area contributed by atoms with Gasteiger partial charge in [-0.3, -0.25) is 0 Å². The minimum Gasteiger partial charge on any atom is -0.478 e. The largest absolute Gasteiger partial charge is 0.478 e. The highest BCUT2D eigenvalue weighted by molar-refractivity contribution is 7.89. The molecule has 1 aromatic carbocycles. The normalized spacial score (nSPS) is 11.1. The molecule has 0 aliphatic carbocycles. The van der Waals surface area contributed by atoms with Crippen molar-refractivity contribution in [3.63, 3.8) is 0 Å². The molecule has 0 aromatic heterocycles. The predicted molar refractivity (Wildman–Crippen MR) is 80.8 cm³/mol. The monoisotopic (exact) mass is 310 g/mol. The Hall–Kier alpha value is -2.04. The van der Waals surface area contributed by atoms with Crippen molar-refractivity contribution in [2.24, 2.45) is 0 Å². The van der Waals surface area contributed by atoms with Crippen molar-refractivity contribution in [1.82, 2.24) is 4.31 Å². The number of rotatable bonds is 7. The number of unbranched alkanes of at least 4 members (excludes halogenated alkanes) is 1. The Labute approximate surface area is 124 Å². The maximum absolute atomic E-state index is 12.0. The topological polar surface area (TPSA) is 86.7 Å². The molecule has 0 spiro atoms. The molecular formula is C14H18N2O4S. The van der Waals surface area contributed by atoms with Crippen molar-refractivity contribution in [1.29, 1.82) is 0 Å². The molecule has 0 radical (unpaired) electrons. The van der Waals surface area contributed by atoms with Gasteiger partial charge >= 0.3 is 5.97 Å². The van der Waals surface area contributed by atoms with Gasteiger partial charge in [-0.25, -0.2) is 17.5 Å². The third-order valence-corrected chi connectivity index (χ3v) is 4.62. The zero-order valence-corrected chi connectivity index (χ0v) is 12.8. The molecular weight excluding hydrogens is 292 g/mol. The minimum atomic E-state index is -3.66. The lowest BCUT2D eigenvalue weighted by molar-refractivity contribution is 0.0697. The van der Waals surface area contributed by atoms with Crippen molar-refractivity contribution in [3.8, 4) is 12.3 Å². The van der Waals surface area contributed by atoms with E-state index in [1.807, 2.05) is 0 Å². The quantitative estimate of drug-likeness (QED) is 0.588. The van der Waals surface area contributed by atoms with E-state index < -0.39 is 16.0 Å². The van der Waals surface area contributed by atoms with E-state index in [0.717, 1.165) is 10.4 Å². The van der Waals surface area contributed by atoms with Crippen molar-refractivity contribution in [2.45, 2.75) is 17.7 Å². The van der Waals surface area contributed by atoms with Gasteiger partial charge in [-0.1, -0.05) is 0 Å². The average molecular weight is 310 g/mol. The van der Waals surface area contributed by atoms with Crippen LogP contribution in [0.25, 0.3) is 0 Å². The number of hydrogen-bond donors (Lipinski definition) is 2. The number of nitrogens with zero attached hydrogens (tertiary/aromatic N) is 1. The predicted octanol–water partition coefficient (Wildman–Crippen LogP) is 1.46. The number of nitrogens with one attached hydrogen (secondary N) is 1. The van der Waals surface area contributed by atoms with Gasteiger partial charge in [0.05, 0.1) is 10.5 Å². The number of anilines is 1. The second-order valence-electron chi connectivity index (χ2n) is 4.53. The van der Waals surface area contributed by atoms with Crippen LogP contribution in [0.2, 0.25) is 0 Å². The second-order valence-corrected chi connectivity index (χ2v) is 6.69. The smallest absolute Gasteiger partial charge is 0.337 e. The van der Waals surface area contributed by atoms with Gasteiger partial charge in [0.1, 0.15) is 0 Å². The molecule has 0 unspecified atom stereocenters. The number of carboxylic acid groups (broad SMARTS) is 1. The van der Waals surface area contributed by atoms with Gasteiger partial charge in [0.2, 0.25) is 10.0 Å². The highest BCUT2D eigenvalue weighted by atomic mass is 32.2. The van der Waals surface area contributed by atoms with Crippen LogP contribution >= 0.6 is 0 Å². The molecule has 0 atom stereocenters. The number of carbonyl (C=O) groups is 1. The molecule has 0 saturated heterocycles. The van der Waals surface area contributed by atoms with E-state index in [4.69, 9.17) is 6.42 Å². The van der Waals surface area contributed by atoms with Crippen molar-refractivity contribution >= 4 is 21.7 Å². The summed E-state index contributed by atoms with van der Waals surface area (Å²) in [7, 11) is -0.882.